The topological polar surface area (TPSA) is 71.0 Å². The number of hydrogen-bond acceptors (Lipinski definition) is 4. The van der Waals surface area contributed by atoms with Crippen molar-refractivity contribution < 1.29 is 4.74 Å². The van der Waals surface area contributed by atoms with Crippen LogP contribution in [-0.4, -0.2) is 25.3 Å². The zero-order valence-electron chi connectivity index (χ0n) is 16.1. The number of aromatic nitrogens is 4. The highest BCUT2D eigenvalue weighted by molar-refractivity contribution is 6.30. The van der Waals surface area contributed by atoms with Gasteiger partial charge in [-0.05, 0) is 36.4 Å². The lowest BCUT2D eigenvalue weighted by Gasteiger charge is -2.12. The summed E-state index contributed by atoms with van der Waals surface area (Å²) in [5.41, 5.74) is 0.270. The molecule has 0 atom stereocenters. The minimum Gasteiger partial charge on any atom is -0.492 e. The van der Waals surface area contributed by atoms with Crippen LogP contribution < -0.4 is 16.0 Å². The summed E-state index contributed by atoms with van der Waals surface area (Å²) in [4.78, 5) is 30.5. The summed E-state index contributed by atoms with van der Waals surface area (Å²) in [6.45, 7) is 4.49. The Morgan fingerprint density at radius 3 is 2.50 bits per heavy atom. The van der Waals surface area contributed by atoms with E-state index in [0.29, 0.717) is 29.4 Å². The lowest BCUT2D eigenvalue weighted by Crippen LogP contribution is -2.39. The molecular formula is C22H19ClN4O3. The van der Waals surface area contributed by atoms with Crippen LogP contribution in [0.5, 0.6) is 5.75 Å². The summed E-state index contributed by atoms with van der Waals surface area (Å²) in [6.07, 6.45) is 3.06. The van der Waals surface area contributed by atoms with Crippen LogP contribution in [0.3, 0.4) is 0 Å². The van der Waals surface area contributed by atoms with E-state index in [9.17, 15) is 9.59 Å². The molecule has 0 aliphatic rings. The van der Waals surface area contributed by atoms with Gasteiger partial charge in [-0.1, -0.05) is 35.9 Å². The number of imidazole rings is 1. The number of para-hydroxylation sites is 1. The van der Waals surface area contributed by atoms with Crippen LogP contribution in [-0.2, 0) is 13.1 Å². The first-order valence-electron chi connectivity index (χ1n) is 9.35. The number of rotatable bonds is 7. The standard InChI is InChI=1S/C22H19ClN4O3/c1-2-12-26-21(28)19-20(27(22(26)29)17-10-8-16(23)9-11-17)24-15-25(19)13-14-30-18-6-4-3-5-7-18/h2-11,15H,1,12-14H2. The fraction of sp³-hybridized carbons (Fsp3) is 0.136. The molecule has 0 unspecified atom stereocenters. The second-order valence-corrected chi connectivity index (χ2v) is 7.01. The van der Waals surface area contributed by atoms with Crippen molar-refractivity contribution in [3.05, 3.63) is 99.4 Å². The third kappa shape index (κ3) is 3.67. The molecule has 4 rings (SSSR count). The van der Waals surface area contributed by atoms with Gasteiger partial charge in [0.1, 0.15) is 12.4 Å². The summed E-state index contributed by atoms with van der Waals surface area (Å²) in [6, 6.07) is 16.2. The summed E-state index contributed by atoms with van der Waals surface area (Å²) in [5.74, 6) is 0.740. The lowest BCUT2D eigenvalue weighted by molar-refractivity contribution is 0.300. The van der Waals surface area contributed by atoms with Crippen LogP contribution >= 0.6 is 11.6 Å². The Bertz CT molecular complexity index is 1300. The van der Waals surface area contributed by atoms with Gasteiger partial charge in [0.15, 0.2) is 11.2 Å². The Morgan fingerprint density at radius 2 is 1.80 bits per heavy atom. The van der Waals surface area contributed by atoms with Gasteiger partial charge in [-0.3, -0.25) is 9.36 Å². The van der Waals surface area contributed by atoms with Gasteiger partial charge in [-0.2, -0.15) is 0 Å². The Kier molecular flexibility index (Phi) is 5.54. The van der Waals surface area contributed by atoms with E-state index in [2.05, 4.69) is 11.6 Å². The van der Waals surface area contributed by atoms with Crippen molar-refractivity contribution in [2.45, 2.75) is 13.1 Å². The second-order valence-electron chi connectivity index (χ2n) is 6.57. The SMILES string of the molecule is C=CCn1c(=O)c2c(ncn2CCOc2ccccc2)n(-c2ccc(Cl)cc2)c1=O. The first-order chi connectivity index (χ1) is 14.6. The van der Waals surface area contributed by atoms with E-state index < -0.39 is 11.2 Å². The molecule has 0 amide bonds. The molecule has 0 bridgehead atoms. The van der Waals surface area contributed by atoms with Gasteiger partial charge in [-0.25, -0.2) is 14.3 Å². The smallest absolute Gasteiger partial charge is 0.337 e. The molecule has 0 radical (unpaired) electrons. The largest absolute Gasteiger partial charge is 0.492 e. The molecule has 152 valence electrons. The van der Waals surface area contributed by atoms with Crippen molar-refractivity contribution in [1.82, 2.24) is 18.7 Å². The maximum Gasteiger partial charge on any atom is 0.337 e. The molecule has 4 aromatic rings. The van der Waals surface area contributed by atoms with Crippen LogP contribution in [0.25, 0.3) is 16.9 Å². The Balaban J connectivity index is 1.80. The predicted octanol–water partition coefficient (Wildman–Crippen LogP) is 3.27. The van der Waals surface area contributed by atoms with E-state index in [1.165, 1.54) is 10.6 Å². The molecule has 0 saturated carbocycles. The first-order valence-corrected chi connectivity index (χ1v) is 9.73. The van der Waals surface area contributed by atoms with Gasteiger partial charge >= 0.3 is 5.69 Å². The molecule has 0 N–H and O–H groups in total. The van der Waals surface area contributed by atoms with Crippen LogP contribution in [0.1, 0.15) is 0 Å². The van der Waals surface area contributed by atoms with Gasteiger partial charge in [0.05, 0.1) is 18.6 Å². The molecule has 7 nitrogen and oxygen atoms in total. The van der Waals surface area contributed by atoms with Gasteiger partial charge in [0, 0.05) is 11.6 Å². The minimum atomic E-state index is -0.486. The second kappa shape index (κ2) is 8.42. The van der Waals surface area contributed by atoms with E-state index >= 15 is 0 Å². The molecule has 0 aliphatic carbocycles. The van der Waals surface area contributed by atoms with Gasteiger partial charge in [0.25, 0.3) is 5.56 Å². The summed E-state index contributed by atoms with van der Waals surface area (Å²) in [5, 5.41) is 0.547. The average molecular weight is 423 g/mol. The average Bonchev–Trinajstić information content (AvgIpc) is 3.17. The highest BCUT2D eigenvalue weighted by Crippen LogP contribution is 2.16. The molecule has 2 aromatic heterocycles. The van der Waals surface area contributed by atoms with Crippen molar-refractivity contribution >= 4 is 22.8 Å². The highest BCUT2D eigenvalue weighted by atomic mass is 35.5. The van der Waals surface area contributed by atoms with Crippen molar-refractivity contribution in [2.75, 3.05) is 6.61 Å². The fourth-order valence-electron chi connectivity index (χ4n) is 3.24. The van der Waals surface area contributed by atoms with Crippen LogP contribution in [0, 0.1) is 0 Å². The van der Waals surface area contributed by atoms with Crippen LogP contribution in [0.2, 0.25) is 5.02 Å². The van der Waals surface area contributed by atoms with Gasteiger partial charge in [0.2, 0.25) is 0 Å². The molecule has 0 fully saturated rings. The quantitative estimate of drug-likeness (QED) is 0.428. The molecule has 8 heteroatoms. The highest BCUT2D eigenvalue weighted by Gasteiger charge is 2.18. The maximum absolute atomic E-state index is 13.1. The first kappa shape index (κ1) is 19.7. The van der Waals surface area contributed by atoms with Crippen molar-refractivity contribution in [3.8, 4) is 11.4 Å². The van der Waals surface area contributed by atoms with E-state index in [1.54, 1.807) is 35.2 Å². The molecule has 0 saturated heterocycles. The zero-order chi connectivity index (χ0) is 21.1. The number of fused-ring (bicyclic) bond motifs is 1. The van der Waals surface area contributed by atoms with Crippen molar-refractivity contribution in [2.24, 2.45) is 0 Å². The van der Waals surface area contributed by atoms with Crippen molar-refractivity contribution in [3.63, 3.8) is 0 Å². The Morgan fingerprint density at radius 1 is 1.07 bits per heavy atom. The van der Waals surface area contributed by atoms with Crippen molar-refractivity contribution in [1.29, 1.82) is 0 Å². The zero-order valence-corrected chi connectivity index (χ0v) is 16.8. The van der Waals surface area contributed by atoms with Crippen LogP contribution in [0.15, 0.2) is 83.2 Å². The minimum absolute atomic E-state index is 0.0902. The normalized spacial score (nSPS) is 11.0. The van der Waals surface area contributed by atoms with E-state index in [1.807, 2.05) is 30.3 Å². The Labute approximate surface area is 177 Å². The maximum atomic E-state index is 13.1. The fourth-order valence-corrected chi connectivity index (χ4v) is 3.37. The molecule has 2 heterocycles. The molecular weight excluding hydrogens is 404 g/mol. The Hall–Kier alpha value is -3.58. The number of hydrogen-bond donors (Lipinski definition) is 0. The summed E-state index contributed by atoms with van der Waals surface area (Å²) >= 11 is 5.99. The number of allylic oxidation sites excluding steroid dienone is 1. The van der Waals surface area contributed by atoms with Crippen LogP contribution in [0.4, 0.5) is 0 Å². The van der Waals surface area contributed by atoms with E-state index in [-0.39, 0.29) is 12.2 Å². The van der Waals surface area contributed by atoms with E-state index in [0.717, 1.165) is 10.3 Å². The third-order valence-electron chi connectivity index (χ3n) is 4.64. The van der Waals surface area contributed by atoms with Gasteiger partial charge in [-0.15, -0.1) is 6.58 Å². The van der Waals surface area contributed by atoms with E-state index in [4.69, 9.17) is 16.3 Å². The molecule has 30 heavy (non-hydrogen) atoms. The number of halogens is 1. The van der Waals surface area contributed by atoms with Gasteiger partial charge < -0.3 is 9.30 Å². The number of benzene rings is 2. The lowest BCUT2D eigenvalue weighted by atomic mass is 10.3. The summed E-state index contributed by atoms with van der Waals surface area (Å²) < 4.78 is 9.99. The predicted molar refractivity (Wildman–Crippen MR) is 117 cm³/mol. The third-order valence-corrected chi connectivity index (χ3v) is 4.89. The number of ether oxygens (including phenoxy) is 1. The monoisotopic (exact) mass is 422 g/mol. The number of nitrogens with zero attached hydrogens (tertiary/aromatic N) is 4. The summed E-state index contributed by atoms with van der Waals surface area (Å²) in [7, 11) is 0. The molecule has 0 aliphatic heterocycles. The molecule has 2 aromatic carbocycles. The molecule has 0 spiro atoms.